The Bertz CT molecular complexity index is 898. The number of anilines is 2. The van der Waals surface area contributed by atoms with Gasteiger partial charge in [-0.1, -0.05) is 26.0 Å². The Kier molecular flexibility index (Phi) is 12.3. The summed E-state index contributed by atoms with van der Waals surface area (Å²) < 4.78 is 0. The predicted molar refractivity (Wildman–Crippen MR) is 106 cm³/mol. The molecule has 0 aliphatic heterocycles. The maximum Gasteiger partial charge on any atom is 1.00 e. The number of benzene rings is 2. The molecule has 0 radical (unpaired) electrons. The second-order valence-corrected chi connectivity index (χ2v) is 6.55. The molecule has 0 saturated heterocycles. The van der Waals surface area contributed by atoms with Crippen molar-refractivity contribution in [2.75, 3.05) is 10.6 Å². The fourth-order valence-corrected chi connectivity index (χ4v) is 2.67. The predicted octanol–water partition coefficient (Wildman–Crippen LogP) is -3.62. The van der Waals surface area contributed by atoms with E-state index in [0.29, 0.717) is 11.4 Å². The fraction of sp³-hybridized carbons (Fsp3) is 0.182. The number of carbonyl (C=O) groups excluding carboxylic acids is 2. The Labute approximate surface area is 221 Å². The van der Waals surface area contributed by atoms with Crippen LogP contribution in [0.4, 0.5) is 11.4 Å². The summed E-state index contributed by atoms with van der Waals surface area (Å²) in [7, 11) is 0. The van der Waals surface area contributed by atoms with Gasteiger partial charge in [0.1, 0.15) is 0 Å². The summed E-state index contributed by atoms with van der Waals surface area (Å²) >= 11 is 0. The third-order valence-electron chi connectivity index (χ3n) is 3.97. The van der Waals surface area contributed by atoms with Crippen LogP contribution in [0.1, 0.15) is 25.0 Å². The van der Waals surface area contributed by atoms with Gasteiger partial charge in [0.2, 0.25) is 11.8 Å². The molecule has 0 atom stereocenters. The number of hydrogen-bond acceptors (Lipinski definition) is 4. The molecule has 2 aromatic carbocycles. The minimum atomic E-state index is -0.457. The molecule has 6 nitrogen and oxygen atoms in total. The van der Waals surface area contributed by atoms with E-state index in [4.69, 9.17) is 0 Å². The van der Waals surface area contributed by atoms with Crippen molar-refractivity contribution in [1.82, 2.24) is 0 Å². The Hall–Kier alpha value is -1.54. The van der Waals surface area contributed by atoms with E-state index in [2.05, 4.69) is 10.6 Å². The third kappa shape index (κ3) is 8.68. The molecule has 8 heteroatoms. The molecule has 30 heavy (non-hydrogen) atoms. The van der Waals surface area contributed by atoms with Crippen molar-refractivity contribution in [1.29, 1.82) is 0 Å². The van der Waals surface area contributed by atoms with E-state index in [0.717, 1.165) is 34.4 Å². The molecular formula is C22H22N2Na2O4. The summed E-state index contributed by atoms with van der Waals surface area (Å²) in [6.07, 6.45) is 2.01. The molecule has 0 unspecified atom stereocenters. The van der Waals surface area contributed by atoms with E-state index in [1.807, 2.05) is 38.1 Å². The van der Waals surface area contributed by atoms with Crippen molar-refractivity contribution in [3.05, 3.63) is 71.2 Å². The minimum absolute atomic E-state index is 0. The van der Waals surface area contributed by atoms with E-state index < -0.39 is 11.8 Å². The molecule has 0 aromatic heterocycles. The molecule has 2 aromatic rings. The van der Waals surface area contributed by atoms with Crippen molar-refractivity contribution < 1.29 is 78.9 Å². The van der Waals surface area contributed by atoms with Gasteiger partial charge in [-0.05, 0) is 72.5 Å². The fourth-order valence-electron chi connectivity index (χ4n) is 2.67. The summed E-state index contributed by atoms with van der Waals surface area (Å²) in [6, 6.07) is 11.2. The molecule has 0 bridgehead atoms. The zero-order valence-electron chi connectivity index (χ0n) is 18.3. The smallest absolute Gasteiger partial charge is 0.875 e. The first kappa shape index (κ1) is 28.5. The first-order valence-corrected chi connectivity index (χ1v) is 8.70. The van der Waals surface area contributed by atoms with Crippen LogP contribution in [0.2, 0.25) is 0 Å². The van der Waals surface area contributed by atoms with Gasteiger partial charge in [-0.3, -0.25) is 9.59 Å². The summed E-state index contributed by atoms with van der Waals surface area (Å²) in [5, 5.41) is 27.3. The largest absolute Gasteiger partial charge is 1.00 e. The van der Waals surface area contributed by atoms with E-state index in [1.54, 1.807) is 12.1 Å². The van der Waals surface area contributed by atoms with Gasteiger partial charge in [-0.2, -0.15) is 0 Å². The second-order valence-electron chi connectivity index (χ2n) is 6.55. The van der Waals surface area contributed by atoms with Crippen LogP contribution in [0.3, 0.4) is 0 Å². The van der Waals surface area contributed by atoms with Gasteiger partial charge in [-0.25, -0.2) is 0 Å². The number of aryl methyl sites for hydroxylation is 2. The van der Waals surface area contributed by atoms with E-state index in [-0.39, 0.29) is 70.6 Å². The molecule has 0 saturated carbocycles. The standard InChI is InChI=1S/C22H24N2O4.2Na/c1-13-9-17(5-7-19(13)23-21(27)11-15(3)25)18-6-8-20(14(2)10-18)24-22(28)12-16(4)26;;/h5-12,25-26H,1-4H3,(H,23,27)(H,24,28);;/q;2*+1/p-2. The molecule has 0 aliphatic carbocycles. The number of carbonyl (C=O) groups is 2. The van der Waals surface area contributed by atoms with Crippen molar-refractivity contribution in [2.45, 2.75) is 27.7 Å². The van der Waals surface area contributed by atoms with Crippen molar-refractivity contribution in [3.63, 3.8) is 0 Å². The zero-order chi connectivity index (χ0) is 20.8. The molecule has 0 aliphatic rings. The molecular weight excluding hydrogens is 402 g/mol. The van der Waals surface area contributed by atoms with Gasteiger partial charge < -0.3 is 20.8 Å². The van der Waals surface area contributed by atoms with Gasteiger partial charge in [0, 0.05) is 11.4 Å². The molecule has 2 N–H and O–H groups in total. The first-order chi connectivity index (χ1) is 13.2. The van der Waals surface area contributed by atoms with Crippen molar-refractivity contribution in [2.24, 2.45) is 0 Å². The average molecular weight is 424 g/mol. The van der Waals surface area contributed by atoms with E-state index in [9.17, 15) is 19.8 Å². The molecule has 0 spiro atoms. The van der Waals surface area contributed by atoms with Crippen LogP contribution >= 0.6 is 0 Å². The normalized spacial score (nSPS) is 11.1. The van der Waals surface area contributed by atoms with Crippen LogP contribution in [0.15, 0.2) is 60.1 Å². The third-order valence-corrected chi connectivity index (χ3v) is 3.97. The topological polar surface area (TPSA) is 104 Å². The summed E-state index contributed by atoms with van der Waals surface area (Å²) in [5.41, 5.74) is 4.87. The summed E-state index contributed by atoms with van der Waals surface area (Å²) in [5.74, 6) is -1.53. The molecule has 0 heterocycles. The average Bonchev–Trinajstić information content (AvgIpc) is 2.57. The monoisotopic (exact) mass is 424 g/mol. The maximum atomic E-state index is 11.7. The quantitative estimate of drug-likeness (QED) is 0.294. The SMILES string of the molecule is CC([O-])=CC(=O)Nc1ccc(-c2ccc(NC(=O)C=C(C)[O-])c(C)c2)cc1C.[Na+].[Na+]. The van der Waals surface area contributed by atoms with Crippen LogP contribution in [-0.2, 0) is 9.59 Å². The molecule has 146 valence electrons. The van der Waals surface area contributed by atoms with Crippen molar-refractivity contribution >= 4 is 23.2 Å². The molecule has 2 rings (SSSR count). The van der Waals surface area contributed by atoms with Crippen LogP contribution in [-0.4, -0.2) is 11.8 Å². The van der Waals surface area contributed by atoms with E-state index in [1.165, 1.54) is 13.8 Å². The Morgan fingerprint density at radius 1 is 0.733 bits per heavy atom. The maximum absolute atomic E-state index is 11.7. The molecule has 0 fully saturated rings. The zero-order valence-corrected chi connectivity index (χ0v) is 22.3. The van der Waals surface area contributed by atoms with Crippen LogP contribution in [0.5, 0.6) is 0 Å². The summed E-state index contributed by atoms with van der Waals surface area (Å²) in [4.78, 5) is 23.4. The number of amides is 2. The van der Waals surface area contributed by atoms with Crippen molar-refractivity contribution in [3.8, 4) is 11.1 Å². The van der Waals surface area contributed by atoms with E-state index >= 15 is 0 Å². The van der Waals surface area contributed by atoms with Crippen LogP contribution in [0.25, 0.3) is 11.1 Å². The number of nitrogens with one attached hydrogen (secondary N) is 2. The van der Waals surface area contributed by atoms with Crippen LogP contribution in [0, 0.1) is 13.8 Å². The van der Waals surface area contributed by atoms with Gasteiger partial charge >= 0.3 is 59.1 Å². The Balaban J connectivity index is 0.00000420. The molecule has 2 amide bonds. The van der Waals surface area contributed by atoms with Gasteiger partial charge in [0.15, 0.2) is 0 Å². The second kappa shape index (κ2) is 13.0. The van der Waals surface area contributed by atoms with Gasteiger partial charge in [0.25, 0.3) is 0 Å². The van der Waals surface area contributed by atoms with Gasteiger partial charge in [-0.15, -0.1) is 11.5 Å². The van der Waals surface area contributed by atoms with Crippen LogP contribution < -0.4 is 80.0 Å². The summed E-state index contributed by atoms with van der Waals surface area (Å²) in [6.45, 7) is 6.38. The number of rotatable bonds is 5. The minimum Gasteiger partial charge on any atom is -0.875 e. The Morgan fingerprint density at radius 2 is 1.07 bits per heavy atom. The first-order valence-electron chi connectivity index (χ1n) is 8.70. The number of hydrogen-bond donors (Lipinski definition) is 2. The number of allylic oxidation sites excluding steroid dienone is 2. The van der Waals surface area contributed by atoms with Gasteiger partial charge in [0.05, 0.1) is 0 Å². The Morgan fingerprint density at radius 3 is 1.33 bits per heavy atom.